The van der Waals surface area contributed by atoms with Crippen molar-refractivity contribution in [3.8, 4) is 0 Å². The number of carbonyl (C=O) groups excluding carboxylic acids is 1. The van der Waals surface area contributed by atoms with Crippen molar-refractivity contribution in [1.82, 2.24) is 5.32 Å². The van der Waals surface area contributed by atoms with Crippen LogP contribution < -0.4 is 5.32 Å². The highest BCUT2D eigenvalue weighted by Crippen LogP contribution is 2.26. The van der Waals surface area contributed by atoms with E-state index in [1.807, 2.05) is 0 Å². The first kappa shape index (κ1) is 58.3. The number of aliphatic hydroxyl groups is 5. The molecule has 8 atom stereocenters. The summed E-state index contributed by atoms with van der Waals surface area (Å²) in [4.78, 5) is 13.1. The molecule has 0 bridgehead atoms. The number of carbonyl (C=O) groups is 1. The molecular weight excluding hydrogens is 815 g/mol. The molecule has 14 heteroatoms. The molecule has 1 aliphatic rings. The van der Waals surface area contributed by atoms with E-state index in [0.29, 0.717) is 12.8 Å². The lowest BCUT2D eigenvalue weighted by atomic mass is 9.99. The van der Waals surface area contributed by atoms with Gasteiger partial charge in [-0.25, -0.2) is 4.18 Å². The molecule has 0 aliphatic carbocycles. The van der Waals surface area contributed by atoms with Crippen LogP contribution in [0.4, 0.5) is 0 Å². The fourth-order valence-electron chi connectivity index (χ4n) is 7.59. The van der Waals surface area contributed by atoms with Crippen molar-refractivity contribution in [1.29, 1.82) is 0 Å². The standard InChI is InChI=1S/C48H89NO12S/c1-3-5-7-9-11-13-15-17-18-19-20-21-22-23-25-27-29-31-33-35-37-42(52)47(55)49-40(41(51)36-34-32-30-28-26-24-16-14-12-10-8-6-4-2)39-59-48-45(54)46(61-62(56,57)58)44(53)43(38-50)60-48/h21-22,26,28,34,36,40-46,48,50-54H,3-20,23-25,27,29-33,35,37-39H2,1-2H3,(H,49,55)(H,56,57,58)/b22-21-,28-26+,36-34+. The molecule has 1 saturated heterocycles. The number of hydrogen-bond acceptors (Lipinski definition) is 11. The zero-order valence-corrected chi connectivity index (χ0v) is 39.4. The molecule has 1 rings (SSSR count). The van der Waals surface area contributed by atoms with E-state index in [2.05, 4.69) is 47.7 Å². The van der Waals surface area contributed by atoms with Crippen LogP contribution in [0.5, 0.6) is 0 Å². The van der Waals surface area contributed by atoms with Crippen molar-refractivity contribution < 1.29 is 57.0 Å². The summed E-state index contributed by atoms with van der Waals surface area (Å²) in [5, 5.41) is 55.2. The molecule has 7 N–H and O–H groups in total. The minimum Gasteiger partial charge on any atom is -0.394 e. The molecule has 1 amide bonds. The van der Waals surface area contributed by atoms with Gasteiger partial charge in [-0.05, 0) is 57.8 Å². The lowest BCUT2D eigenvalue weighted by molar-refractivity contribution is -0.298. The quantitative estimate of drug-likeness (QED) is 0.0174. The number of nitrogens with one attached hydrogen (secondary N) is 1. The maximum Gasteiger partial charge on any atom is 0.397 e. The lowest BCUT2D eigenvalue weighted by Crippen LogP contribution is -2.61. The Morgan fingerprint density at radius 3 is 1.55 bits per heavy atom. The highest BCUT2D eigenvalue weighted by Gasteiger charge is 2.48. The second-order valence-corrected chi connectivity index (χ2v) is 18.2. The zero-order valence-electron chi connectivity index (χ0n) is 38.5. The van der Waals surface area contributed by atoms with E-state index >= 15 is 0 Å². The van der Waals surface area contributed by atoms with Crippen molar-refractivity contribution in [3.05, 3.63) is 36.5 Å². The Balaban J connectivity index is 2.54. The molecule has 0 spiro atoms. The van der Waals surface area contributed by atoms with Gasteiger partial charge in [0.25, 0.3) is 0 Å². The normalized spacial score (nSPS) is 21.3. The second kappa shape index (κ2) is 38.5. The van der Waals surface area contributed by atoms with Gasteiger partial charge in [-0.2, -0.15) is 8.42 Å². The van der Waals surface area contributed by atoms with Crippen LogP contribution in [0.3, 0.4) is 0 Å². The highest BCUT2D eigenvalue weighted by molar-refractivity contribution is 7.80. The molecule has 0 aromatic heterocycles. The molecule has 1 aliphatic heterocycles. The molecule has 1 fully saturated rings. The zero-order chi connectivity index (χ0) is 45.7. The highest BCUT2D eigenvalue weighted by atomic mass is 32.3. The number of ether oxygens (including phenoxy) is 2. The van der Waals surface area contributed by atoms with E-state index in [-0.39, 0.29) is 6.42 Å². The van der Waals surface area contributed by atoms with Crippen molar-refractivity contribution in [2.24, 2.45) is 0 Å². The van der Waals surface area contributed by atoms with Gasteiger partial charge < -0.3 is 40.3 Å². The Morgan fingerprint density at radius 1 is 0.645 bits per heavy atom. The minimum absolute atomic E-state index is 0.230. The van der Waals surface area contributed by atoms with Crippen LogP contribution in [0, 0.1) is 0 Å². The number of rotatable bonds is 41. The van der Waals surface area contributed by atoms with Gasteiger partial charge in [0.2, 0.25) is 5.91 Å². The predicted octanol–water partition coefficient (Wildman–Crippen LogP) is 8.86. The van der Waals surface area contributed by atoms with Crippen molar-refractivity contribution in [2.45, 2.75) is 249 Å². The first-order valence-electron chi connectivity index (χ1n) is 24.5. The Hall–Kier alpha value is -1.72. The maximum absolute atomic E-state index is 13.1. The minimum atomic E-state index is -5.12. The third-order valence-corrected chi connectivity index (χ3v) is 12.0. The number of amides is 1. The predicted molar refractivity (Wildman–Crippen MR) is 247 cm³/mol. The fourth-order valence-corrected chi connectivity index (χ4v) is 8.10. The summed E-state index contributed by atoms with van der Waals surface area (Å²) in [6.45, 7) is 3.19. The fraction of sp³-hybridized carbons (Fsp3) is 0.854. The Labute approximate surface area is 376 Å². The number of unbranched alkanes of at least 4 members (excludes halogenated alkanes) is 24. The monoisotopic (exact) mass is 904 g/mol. The van der Waals surface area contributed by atoms with E-state index in [9.17, 15) is 43.3 Å². The van der Waals surface area contributed by atoms with E-state index in [0.717, 1.165) is 64.2 Å². The van der Waals surface area contributed by atoms with Gasteiger partial charge in [-0.3, -0.25) is 9.35 Å². The van der Waals surface area contributed by atoms with E-state index in [1.165, 1.54) is 109 Å². The van der Waals surface area contributed by atoms with Gasteiger partial charge in [0.1, 0.15) is 30.5 Å². The van der Waals surface area contributed by atoms with Crippen LogP contribution in [0.2, 0.25) is 0 Å². The van der Waals surface area contributed by atoms with Crippen LogP contribution >= 0.6 is 0 Å². The molecule has 0 aromatic rings. The van der Waals surface area contributed by atoms with E-state index in [1.54, 1.807) is 6.08 Å². The average Bonchev–Trinajstić information content (AvgIpc) is 3.24. The molecule has 1 heterocycles. The first-order chi connectivity index (χ1) is 29.9. The molecular formula is C48H89NO12S. The van der Waals surface area contributed by atoms with Crippen LogP contribution in [0.25, 0.3) is 0 Å². The summed E-state index contributed by atoms with van der Waals surface area (Å²) >= 11 is 0. The SMILES string of the molecule is CCCCCCCCC/C=C/CC/C=C/C(O)C(COC1OC(CO)C(O)C(OS(=O)(=O)O)C1O)NC(=O)C(O)CCCCCCCC/C=C\CCCCCCCCCCCC. The van der Waals surface area contributed by atoms with Crippen LogP contribution in [0.1, 0.15) is 200 Å². The number of aliphatic hydroxyl groups excluding tert-OH is 5. The topological polar surface area (TPSA) is 212 Å². The van der Waals surface area contributed by atoms with Gasteiger partial charge in [-0.1, -0.05) is 179 Å². The summed E-state index contributed by atoms with van der Waals surface area (Å²) in [5.74, 6) is -0.717. The van der Waals surface area contributed by atoms with Crippen LogP contribution in [-0.4, -0.2) is 107 Å². The largest absolute Gasteiger partial charge is 0.397 e. The molecule has 62 heavy (non-hydrogen) atoms. The smallest absolute Gasteiger partial charge is 0.394 e. The molecule has 364 valence electrons. The molecule has 0 saturated carbocycles. The molecule has 0 aromatic carbocycles. The van der Waals surface area contributed by atoms with Crippen molar-refractivity contribution in [2.75, 3.05) is 13.2 Å². The van der Waals surface area contributed by atoms with E-state index < -0.39 is 78.5 Å². The summed E-state index contributed by atoms with van der Waals surface area (Å²) in [5.41, 5.74) is 0. The Bertz CT molecular complexity index is 1260. The summed E-state index contributed by atoms with van der Waals surface area (Å²) in [7, 11) is -5.12. The van der Waals surface area contributed by atoms with Gasteiger partial charge in [-0.15, -0.1) is 0 Å². The average molecular weight is 904 g/mol. The second-order valence-electron chi connectivity index (χ2n) is 17.2. The Morgan fingerprint density at radius 2 is 1.08 bits per heavy atom. The molecule has 0 radical (unpaired) electrons. The van der Waals surface area contributed by atoms with Crippen LogP contribution in [-0.2, 0) is 28.9 Å². The third kappa shape index (κ3) is 30.4. The molecule has 13 nitrogen and oxygen atoms in total. The molecule has 8 unspecified atom stereocenters. The van der Waals surface area contributed by atoms with Gasteiger partial charge in [0.15, 0.2) is 6.29 Å². The number of allylic oxidation sites excluding steroid dienone is 5. The summed E-state index contributed by atoms with van der Waals surface area (Å²) < 4.78 is 47.5. The first-order valence-corrected chi connectivity index (χ1v) is 25.8. The van der Waals surface area contributed by atoms with Crippen molar-refractivity contribution >= 4 is 16.3 Å². The van der Waals surface area contributed by atoms with Gasteiger partial charge in [0.05, 0.1) is 25.4 Å². The van der Waals surface area contributed by atoms with E-state index in [4.69, 9.17) is 9.47 Å². The van der Waals surface area contributed by atoms with Gasteiger partial charge in [0, 0.05) is 0 Å². The summed E-state index contributed by atoms with van der Waals surface area (Å²) in [6.07, 6.45) is 33.7. The number of hydrogen-bond donors (Lipinski definition) is 7. The van der Waals surface area contributed by atoms with Crippen molar-refractivity contribution in [3.63, 3.8) is 0 Å². The summed E-state index contributed by atoms with van der Waals surface area (Å²) in [6, 6.07) is -1.14. The van der Waals surface area contributed by atoms with Crippen LogP contribution in [0.15, 0.2) is 36.5 Å². The van der Waals surface area contributed by atoms with Gasteiger partial charge >= 0.3 is 10.4 Å². The Kier molecular flexibility index (Phi) is 36.2. The maximum atomic E-state index is 13.1. The lowest BCUT2D eigenvalue weighted by Gasteiger charge is -2.41. The third-order valence-electron chi connectivity index (χ3n) is 11.5.